The van der Waals surface area contributed by atoms with Crippen LogP contribution in [0, 0.1) is 5.92 Å². The Morgan fingerprint density at radius 2 is 1.72 bits per heavy atom. The molecule has 8 nitrogen and oxygen atoms in total. The van der Waals surface area contributed by atoms with Gasteiger partial charge in [0.25, 0.3) is 0 Å². The molecule has 0 radical (unpaired) electrons. The predicted molar refractivity (Wildman–Crippen MR) is 113 cm³/mol. The molecular formula is C21H27N5O3. The number of anilines is 3. The van der Waals surface area contributed by atoms with Crippen molar-refractivity contribution < 1.29 is 14.3 Å². The third-order valence-electron chi connectivity index (χ3n) is 4.62. The number of nitrogens with one attached hydrogen (secondary N) is 3. The molecule has 0 bridgehead atoms. The van der Waals surface area contributed by atoms with Gasteiger partial charge in [-0.1, -0.05) is 32.0 Å². The Kier molecular flexibility index (Phi) is 7.02. The molecule has 3 rings (SSSR count). The number of ether oxygens (including phenoxy) is 1. The average Bonchev–Trinajstić information content (AvgIpc) is 2.73. The van der Waals surface area contributed by atoms with Gasteiger partial charge in [-0.15, -0.1) is 0 Å². The van der Waals surface area contributed by atoms with Gasteiger partial charge in [0, 0.05) is 18.8 Å². The normalized spacial score (nSPS) is 14.9. The van der Waals surface area contributed by atoms with Gasteiger partial charge in [-0.3, -0.25) is 4.79 Å². The molecule has 1 aliphatic heterocycles. The Balaban J connectivity index is 1.58. The first-order valence-electron chi connectivity index (χ1n) is 9.75. The van der Waals surface area contributed by atoms with Crippen LogP contribution in [0.2, 0.25) is 0 Å². The number of nitrogens with zero attached hydrogens (tertiary/aromatic N) is 2. The molecular weight excluding hydrogens is 370 g/mol. The Labute approximate surface area is 170 Å². The molecule has 0 aliphatic carbocycles. The zero-order valence-corrected chi connectivity index (χ0v) is 16.7. The molecule has 0 saturated carbocycles. The number of hydrogen-bond acceptors (Lipinski definition) is 5. The Bertz CT molecular complexity index is 805. The number of pyridine rings is 1. The van der Waals surface area contributed by atoms with Gasteiger partial charge in [0.15, 0.2) is 0 Å². The molecule has 8 heteroatoms. The van der Waals surface area contributed by atoms with E-state index in [-0.39, 0.29) is 11.8 Å². The molecule has 1 aliphatic rings. The fraction of sp³-hybridized carbons (Fsp3) is 0.381. The molecule has 2 heterocycles. The van der Waals surface area contributed by atoms with Gasteiger partial charge < -0.3 is 25.6 Å². The lowest BCUT2D eigenvalue weighted by atomic mass is 10.0. The Morgan fingerprint density at radius 1 is 1.00 bits per heavy atom. The molecule has 0 spiro atoms. The fourth-order valence-corrected chi connectivity index (χ4v) is 3.02. The van der Waals surface area contributed by atoms with Crippen molar-refractivity contribution in [2.45, 2.75) is 19.9 Å². The highest BCUT2D eigenvalue weighted by Gasteiger charge is 2.24. The summed E-state index contributed by atoms with van der Waals surface area (Å²) >= 11 is 0. The van der Waals surface area contributed by atoms with Crippen molar-refractivity contribution in [3.8, 4) is 0 Å². The summed E-state index contributed by atoms with van der Waals surface area (Å²) in [5.74, 6) is 0.480. The lowest BCUT2D eigenvalue weighted by Gasteiger charge is -2.27. The number of urea groups is 1. The average molecular weight is 397 g/mol. The Morgan fingerprint density at radius 3 is 2.34 bits per heavy atom. The number of amides is 3. The second-order valence-electron chi connectivity index (χ2n) is 7.18. The molecule has 1 saturated heterocycles. The largest absolute Gasteiger partial charge is 0.378 e. The van der Waals surface area contributed by atoms with Crippen LogP contribution in [0.25, 0.3) is 0 Å². The maximum atomic E-state index is 12.7. The molecule has 29 heavy (non-hydrogen) atoms. The van der Waals surface area contributed by atoms with Crippen molar-refractivity contribution >= 4 is 29.1 Å². The third-order valence-corrected chi connectivity index (χ3v) is 4.62. The molecule has 154 valence electrons. The lowest BCUT2D eigenvalue weighted by Crippen LogP contribution is -2.48. The molecule has 1 aromatic carbocycles. The number of rotatable bonds is 6. The number of aromatic nitrogens is 1. The van der Waals surface area contributed by atoms with Gasteiger partial charge >= 0.3 is 6.03 Å². The number of carbonyl (C=O) groups is 2. The van der Waals surface area contributed by atoms with Gasteiger partial charge in [-0.25, -0.2) is 9.78 Å². The minimum absolute atomic E-state index is 0.0860. The van der Waals surface area contributed by atoms with E-state index < -0.39 is 12.1 Å². The van der Waals surface area contributed by atoms with Gasteiger partial charge in [-0.2, -0.15) is 0 Å². The number of para-hydroxylation sites is 1. The van der Waals surface area contributed by atoms with Crippen molar-refractivity contribution in [3.05, 3.63) is 48.7 Å². The van der Waals surface area contributed by atoms with Crippen LogP contribution >= 0.6 is 0 Å². The SMILES string of the molecule is CC(C)[C@H](NC(=O)Nc1ccccc1)C(=O)Nc1ccc(N2CCOCC2)nc1. The smallest absolute Gasteiger partial charge is 0.319 e. The molecule has 2 aromatic rings. The van der Waals surface area contributed by atoms with Gasteiger partial charge in [0.05, 0.1) is 25.1 Å². The molecule has 0 unspecified atom stereocenters. The summed E-state index contributed by atoms with van der Waals surface area (Å²) in [7, 11) is 0. The maximum absolute atomic E-state index is 12.7. The monoisotopic (exact) mass is 397 g/mol. The van der Waals surface area contributed by atoms with Crippen LogP contribution in [0.3, 0.4) is 0 Å². The summed E-state index contributed by atoms with van der Waals surface area (Å²) in [6, 6.07) is 11.7. The quantitative estimate of drug-likeness (QED) is 0.697. The van der Waals surface area contributed by atoms with Crippen LogP contribution in [0.5, 0.6) is 0 Å². The molecule has 3 N–H and O–H groups in total. The third kappa shape index (κ3) is 5.92. The highest BCUT2D eigenvalue weighted by Crippen LogP contribution is 2.16. The summed E-state index contributed by atoms with van der Waals surface area (Å²) in [5.41, 5.74) is 1.25. The standard InChI is InChI=1S/C21H27N5O3/c1-15(2)19(25-21(28)24-16-6-4-3-5-7-16)20(27)23-17-8-9-18(22-14-17)26-10-12-29-13-11-26/h3-9,14-15,19H,10-13H2,1-2H3,(H,23,27)(H2,24,25,28)/t19-/m0/s1. The zero-order chi connectivity index (χ0) is 20.6. The van der Waals surface area contributed by atoms with Crippen molar-refractivity contribution in [1.82, 2.24) is 10.3 Å². The summed E-state index contributed by atoms with van der Waals surface area (Å²) in [6.45, 7) is 6.74. The zero-order valence-electron chi connectivity index (χ0n) is 16.7. The molecule has 3 amide bonds. The van der Waals surface area contributed by atoms with Gasteiger partial charge in [-0.05, 0) is 30.2 Å². The first-order chi connectivity index (χ1) is 14.0. The van der Waals surface area contributed by atoms with E-state index in [1.807, 2.05) is 44.2 Å². The predicted octanol–water partition coefficient (Wildman–Crippen LogP) is 2.70. The molecule has 1 fully saturated rings. The second-order valence-corrected chi connectivity index (χ2v) is 7.18. The fourth-order valence-electron chi connectivity index (χ4n) is 3.02. The number of carbonyl (C=O) groups excluding carboxylic acids is 2. The first-order valence-corrected chi connectivity index (χ1v) is 9.75. The Hall–Kier alpha value is -3.13. The van der Waals surface area contributed by atoms with E-state index in [9.17, 15) is 9.59 Å². The van der Waals surface area contributed by atoms with Crippen molar-refractivity contribution in [2.75, 3.05) is 41.8 Å². The van der Waals surface area contributed by atoms with E-state index in [1.165, 1.54) is 0 Å². The van der Waals surface area contributed by atoms with Crippen LogP contribution in [0.4, 0.5) is 22.0 Å². The number of morpholine rings is 1. The summed E-state index contributed by atoms with van der Waals surface area (Å²) in [6.07, 6.45) is 1.63. The van der Waals surface area contributed by atoms with Crippen LogP contribution in [0.1, 0.15) is 13.8 Å². The topological polar surface area (TPSA) is 95.6 Å². The first kappa shape index (κ1) is 20.6. The second kappa shape index (κ2) is 9.88. The summed E-state index contributed by atoms with van der Waals surface area (Å²) < 4.78 is 5.35. The minimum atomic E-state index is -0.683. The van der Waals surface area contributed by atoms with Crippen LogP contribution in [0.15, 0.2) is 48.7 Å². The van der Waals surface area contributed by atoms with Crippen molar-refractivity contribution in [2.24, 2.45) is 5.92 Å². The maximum Gasteiger partial charge on any atom is 0.319 e. The lowest BCUT2D eigenvalue weighted by molar-refractivity contribution is -0.118. The van der Waals surface area contributed by atoms with E-state index in [2.05, 4.69) is 25.8 Å². The summed E-state index contributed by atoms with van der Waals surface area (Å²) in [5, 5.41) is 8.31. The van der Waals surface area contributed by atoms with E-state index in [0.717, 1.165) is 18.9 Å². The van der Waals surface area contributed by atoms with E-state index in [1.54, 1.807) is 18.3 Å². The number of hydrogen-bond donors (Lipinski definition) is 3. The van der Waals surface area contributed by atoms with Crippen LogP contribution in [-0.4, -0.2) is 49.3 Å². The van der Waals surface area contributed by atoms with Crippen LogP contribution in [-0.2, 0) is 9.53 Å². The van der Waals surface area contributed by atoms with E-state index in [0.29, 0.717) is 24.6 Å². The van der Waals surface area contributed by atoms with Crippen molar-refractivity contribution in [1.29, 1.82) is 0 Å². The van der Waals surface area contributed by atoms with Crippen LogP contribution < -0.4 is 20.9 Å². The molecule has 1 aromatic heterocycles. The van der Waals surface area contributed by atoms with E-state index in [4.69, 9.17) is 4.74 Å². The number of benzene rings is 1. The van der Waals surface area contributed by atoms with E-state index >= 15 is 0 Å². The minimum Gasteiger partial charge on any atom is -0.378 e. The highest BCUT2D eigenvalue weighted by molar-refractivity contribution is 5.99. The molecule has 1 atom stereocenters. The van der Waals surface area contributed by atoms with Gasteiger partial charge in [0.1, 0.15) is 11.9 Å². The van der Waals surface area contributed by atoms with Gasteiger partial charge in [0.2, 0.25) is 5.91 Å². The highest BCUT2D eigenvalue weighted by atomic mass is 16.5. The summed E-state index contributed by atoms with van der Waals surface area (Å²) in [4.78, 5) is 31.6. The van der Waals surface area contributed by atoms with Crippen molar-refractivity contribution in [3.63, 3.8) is 0 Å².